The van der Waals surface area contributed by atoms with Crippen molar-refractivity contribution < 1.29 is 32.2 Å². The van der Waals surface area contributed by atoms with E-state index in [1.54, 1.807) is 13.8 Å². The highest BCUT2D eigenvalue weighted by atomic mass is 19.4. The Bertz CT molecular complexity index is 497. The highest BCUT2D eigenvalue weighted by molar-refractivity contribution is 5.91. The second-order valence-corrected chi connectivity index (χ2v) is 4.37. The second kappa shape index (κ2) is 6.96. The molecule has 0 heterocycles. The summed E-state index contributed by atoms with van der Waals surface area (Å²) in [6.07, 6.45) is -4.79. The molecule has 116 valence electrons. The zero-order valence-electron chi connectivity index (χ0n) is 11.4. The summed E-state index contributed by atoms with van der Waals surface area (Å²) in [7, 11) is 0. The molecule has 0 aliphatic rings. The Labute approximate surface area is 119 Å². The highest BCUT2D eigenvalue weighted by Crippen LogP contribution is 2.22. The first-order valence-corrected chi connectivity index (χ1v) is 5.99. The zero-order valence-corrected chi connectivity index (χ0v) is 11.4. The lowest BCUT2D eigenvalue weighted by Crippen LogP contribution is -2.33. The predicted molar refractivity (Wildman–Crippen MR) is 66.7 cm³/mol. The lowest BCUT2D eigenvalue weighted by molar-refractivity contribution is -0.274. The van der Waals surface area contributed by atoms with Crippen molar-refractivity contribution in [1.29, 1.82) is 0 Å². The van der Waals surface area contributed by atoms with Crippen molar-refractivity contribution in [3.63, 3.8) is 0 Å². The third-order valence-corrected chi connectivity index (χ3v) is 2.11. The smallest absolute Gasteiger partial charge is 0.452 e. The number of rotatable bonds is 5. The van der Waals surface area contributed by atoms with Gasteiger partial charge in [0.05, 0.1) is 5.56 Å². The molecule has 1 amide bonds. The van der Waals surface area contributed by atoms with Gasteiger partial charge in [-0.2, -0.15) is 0 Å². The quantitative estimate of drug-likeness (QED) is 0.848. The van der Waals surface area contributed by atoms with Crippen LogP contribution in [0.2, 0.25) is 0 Å². The average Bonchev–Trinajstić information content (AvgIpc) is 2.34. The molecule has 1 rings (SSSR count). The number of hydrogen-bond acceptors (Lipinski definition) is 4. The number of ether oxygens (including phenoxy) is 2. The Hall–Kier alpha value is -2.25. The van der Waals surface area contributed by atoms with Gasteiger partial charge >= 0.3 is 12.3 Å². The minimum Gasteiger partial charge on any atom is -0.452 e. The molecule has 0 bridgehead atoms. The van der Waals surface area contributed by atoms with Crippen LogP contribution in [0.25, 0.3) is 0 Å². The van der Waals surface area contributed by atoms with Gasteiger partial charge in [-0.3, -0.25) is 4.79 Å². The number of carbonyl (C=O) groups is 2. The summed E-state index contributed by atoms with van der Waals surface area (Å²) >= 11 is 0. The summed E-state index contributed by atoms with van der Waals surface area (Å²) in [4.78, 5) is 22.8. The van der Waals surface area contributed by atoms with Gasteiger partial charge in [-0.1, -0.05) is 0 Å². The molecule has 21 heavy (non-hydrogen) atoms. The van der Waals surface area contributed by atoms with Gasteiger partial charge in [0, 0.05) is 6.04 Å². The summed E-state index contributed by atoms with van der Waals surface area (Å²) in [5.41, 5.74) is 0.0156. The van der Waals surface area contributed by atoms with Gasteiger partial charge in [-0.05, 0) is 38.1 Å². The van der Waals surface area contributed by atoms with Crippen LogP contribution in [0.1, 0.15) is 24.2 Å². The first-order chi connectivity index (χ1) is 9.67. The normalized spacial score (nSPS) is 11.1. The second-order valence-electron chi connectivity index (χ2n) is 4.37. The summed E-state index contributed by atoms with van der Waals surface area (Å²) < 4.78 is 44.2. The molecule has 0 saturated carbocycles. The third-order valence-electron chi connectivity index (χ3n) is 2.11. The van der Waals surface area contributed by atoms with Crippen LogP contribution in [0.3, 0.4) is 0 Å². The molecular formula is C13H14F3NO4. The van der Waals surface area contributed by atoms with E-state index in [1.807, 2.05) is 0 Å². The molecule has 0 aliphatic heterocycles. The Morgan fingerprint density at radius 3 is 2.24 bits per heavy atom. The Balaban J connectivity index is 2.54. The Morgan fingerprint density at radius 2 is 1.76 bits per heavy atom. The van der Waals surface area contributed by atoms with Crippen molar-refractivity contribution >= 4 is 11.9 Å². The van der Waals surface area contributed by atoms with E-state index < -0.39 is 30.6 Å². The summed E-state index contributed by atoms with van der Waals surface area (Å²) in [6.45, 7) is 3.04. The number of benzene rings is 1. The Kier molecular flexibility index (Phi) is 5.57. The fourth-order valence-electron chi connectivity index (χ4n) is 1.37. The van der Waals surface area contributed by atoms with Crippen molar-refractivity contribution in [3.05, 3.63) is 29.8 Å². The Morgan fingerprint density at radius 1 is 1.19 bits per heavy atom. The van der Waals surface area contributed by atoms with E-state index in [1.165, 1.54) is 0 Å². The van der Waals surface area contributed by atoms with Gasteiger partial charge in [0.15, 0.2) is 6.61 Å². The number of alkyl halides is 3. The van der Waals surface area contributed by atoms with Crippen LogP contribution in [0, 0.1) is 0 Å². The maximum atomic E-state index is 12.0. The van der Waals surface area contributed by atoms with Gasteiger partial charge in [0.1, 0.15) is 5.75 Å². The fraction of sp³-hybridized carbons (Fsp3) is 0.385. The van der Waals surface area contributed by atoms with Crippen LogP contribution < -0.4 is 10.1 Å². The van der Waals surface area contributed by atoms with Crippen LogP contribution in [-0.2, 0) is 9.53 Å². The third kappa shape index (κ3) is 6.64. The molecule has 0 radical (unpaired) electrons. The number of nitrogens with one attached hydrogen (secondary N) is 1. The van der Waals surface area contributed by atoms with E-state index in [-0.39, 0.29) is 11.6 Å². The molecule has 1 N–H and O–H groups in total. The molecular weight excluding hydrogens is 291 g/mol. The van der Waals surface area contributed by atoms with E-state index in [0.717, 1.165) is 24.3 Å². The molecule has 1 aromatic rings. The maximum Gasteiger partial charge on any atom is 0.573 e. The highest BCUT2D eigenvalue weighted by Gasteiger charge is 2.31. The van der Waals surface area contributed by atoms with Crippen LogP contribution in [0.4, 0.5) is 13.2 Å². The summed E-state index contributed by atoms with van der Waals surface area (Å²) in [6, 6.07) is 4.11. The van der Waals surface area contributed by atoms with Gasteiger partial charge in [0.25, 0.3) is 5.91 Å². The van der Waals surface area contributed by atoms with Gasteiger partial charge < -0.3 is 14.8 Å². The van der Waals surface area contributed by atoms with Crippen molar-refractivity contribution in [2.75, 3.05) is 6.61 Å². The van der Waals surface area contributed by atoms with E-state index in [0.29, 0.717) is 0 Å². The minimum atomic E-state index is -4.79. The van der Waals surface area contributed by atoms with Crippen LogP contribution in [0.15, 0.2) is 24.3 Å². The number of esters is 1. The molecule has 0 fully saturated rings. The van der Waals surface area contributed by atoms with E-state index in [4.69, 9.17) is 4.74 Å². The number of halogens is 3. The summed E-state index contributed by atoms with van der Waals surface area (Å²) in [5.74, 6) is -1.72. The van der Waals surface area contributed by atoms with Crippen molar-refractivity contribution in [2.24, 2.45) is 0 Å². The van der Waals surface area contributed by atoms with Gasteiger partial charge in [0.2, 0.25) is 0 Å². The van der Waals surface area contributed by atoms with Crippen LogP contribution in [-0.4, -0.2) is 30.9 Å². The molecule has 0 spiro atoms. The molecule has 1 aromatic carbocycles. The average molecular weight is 305 g/mol. The maximum absolute atomic E-state index is 12.0. The van der Waals surface area contributed by atoms with Crippen LogP contribution in [0.5, 0.6) is 5.75 Å². The first kappa shape index (κ1) is 16.8. The minimum absolute atomic E-state index is 0.0156. The molecule has 0 atom stereocenters. The summed E-state index contributed by atoms with van der Waals surface area (Å²) in [5, 5.41) is 2.52. The number of amides is 1. The van der Waals surface area contributed by atoms with Crippen LogP contribution >= 0.6 is 0 Å². The van der Waals surface area contributed by atoms with E-state index in [2.05, 4.69) is 10.1 Å². The largest absolute Gasteiger partial charge is 0.573 e. The zero-order chi connectivity index (χ0) is 16.0. The molecule has 0 unspecified atom stereocenters. The molecule has 0 saturated heterocycles. The number of carbonyl (C=O) groups excluding carboxylic acids is 2. The van der Waals surface area contributed by atoms with Crippen molar-refractivity contribution in [2.45, 2.75) is 26.3 Å². The predicted octanol–water partition coefficient (Wildman–Crippen LogP) is 2.27. The molecule has 8 heteroatoms. The fourth-order valence-corrected chi connectivity index (χ4v) is 1.37. The molecule has 0 aromatic heterocycles. The van der Waals surface area contributed by atoms with E-state index in [9.17, 15) is 22.8 Å². The lowest BCUT2D eigenvalue weighted by Gasteiger charge is -2.10. The van der Waals surface area contributed by atoms with Crippen molar-refractivity contribution in [3.8, 4) is 5.75 Å². The molecule has 0 aliphatic carbocycles. The lowest BCUT2D eigenvalue weighted by atomic mass is 10.2. The monoisotopic (exact) mass is 305 g/mol. The van der Waals surface area contributed by atoms with Gasteiger partial charge in [-0.25, -0.2) is 4.79 Å². The van der Waals surface area contributed by atoms with Gasteiger partial charge in [-0.15, -0.1) is 13.2 Å². The first-order valence-electron chi connectivity index (χ1n) is 5.99. The standard InChI is InChI=1S/C13H14F3NO4/c1-8(2)17-11(18)7-20-12(19)9-3-5-10(6-4-9)21-13(14,15)16/h3-6,8H,7H2,1-2H3,(H,17,18). The SMILES string of the molecule is CC(C)NC(=O)COC(=O)c1ccc(OC(F)(F)F)cc1. The molecule has 5 nitrogen and oxygen atoms in total. The van der Waals surface area contributed by atoms with E-state index >= 15 is 0 Å². The topological polar surface area (TPSA) is 64.6 Å². The number of hydrogen-bond donors (Lipinski definition) is 1. The van der Waals surface area contributed by atoms with Crippen molar-refractivity contribution in [1.82, 2.24) is 5.32 Å².